The zero-order valence-electron chi connectivity index (χ0n) is 15.1. The van der Waals surface area contributed by atoms with Gasteiger partial charge in [-0.05, 0) is 39.0 Å². The molecular weight excluding hydrogens is 264 g/mol. The summed E-state index contributed by atoms with van der Waals surface area (Å²) in [5.74, 6) is -0.0678. The normalized spacial score (nSPS) is 12.5. The van der Waals surface area contributed by atoms with Crippen LogP contribution in [-0.4, -0.2) is 24.8 Å². The minimum Gasteiger partial charge on any atom is -0.466 e. The second-order valence-electron chi connectivity index (χ2n) is 8.04. The van der Waals surface area contributed by atoms with Crippen LogP contribution in [0.2, 0.25) is 0 Å². The molecule has 3 nitrogen and oxygen atoms in total. The van der Waals surface area contributed by atoms with Crippen LogP contribution in [0.1, 0.15) is 86.5 Å². The third-order valence-electron chi connectivity index (χ3n) is 3.01. The van der Waals surface area contributed by atoms with Crippen molar-refractivity contribution in [3.63, 3.8) is 0 Å². The minimum atomic E-state index is -0.0678. The van der Waals surface area contributed by atoms with Crippen molar-refractivity contribution in [3.05, 3.63) is 0 Å². The number of rotatable bonds is 10. The number of ether oxygens (including phenoxy) is 2. The molecule has 0 aromatic rings. The van der Waals surface area contributed by atoms with E-state index in [1.807, 2.05) is 0 Å². The summed E-state index contributed by atoms with van der Waals surface area (Å²) >= 11 is 0. The SMILES string of the molecule is CC(C)(C)CC(=O)OCCCCCCCCOC(C)(C)C. The second kappa shape index (κ2) is 10.2. The van der Waals surface area contributed by atoms with E-state index in [1.165, 1.54) is 19.3 Å². The lowest BCUT2D eigenvalue weighted by molar-refractivity contribution is -0.145. The molecule has 0 aliphatic rings. The molecule has 0 fully saturated rings. The standard InChI is InChI=1S/C18H36O3/c1-17(2,3)15-16(19)20-13-11-9-7-8-10-12-14-21-18(4,5)6/h7-15H2,1-6H3. The lowest BCUT2D eigenvalue weighted by Crippen LogP contribution is -2.19. The Morgan fingerprint density at radius 2 is 1.24 bits per heavy atom. The van der Waals surface area contributed by atoms with Crippen LogP contribution in [0.5, 0.6) is 0 Å². The van der Waals surface area contributed by atoms with Crippen molar-refractivity contribution in [1.29, 1.82) is 0 Å². The van der Waals surface area contributed by atoms with E-state index in [0.717, 1.165) is 25.9 Å². The maximum Gasteiger partial charge on any atom is 0.306 e. The van der Waals surface area contributed by atoms with Gasteiger partial charge in [-0.15, -0.1) is 0 Å². The fourth-order valence-electron chi connectivity index (χ4n) is 1.96. The van der Waals surface area contributed by atoms with Crippen LogP contribution in [0.15, 0.2) is 0 Å². The number of hydrogen-bond donors (Lipinski definition) is 0. The van der Waals surface area contributed by atoms with Crippen LogP contribution >= 0.6 is 0 Å². The molecule has 0 radical (unpaired) electrons. The Bertz CT molecular complexity index is 271. The van der Waals surface area contributed by atoms with Gasteiger partial charge in [-0.2, -0.15) is 0 Å². The minimum absolute atomic E-state index is 0.0169. The van der Waals surface area contributed by atoms with Crippen LogP contribution in [0, 0.1) is 5.41 Å². The number of carbonyl (C=O) groups excluding carboxylic acids is 1. The maximum absolute atomic E-state index is 11.5. The number of unbranched alkanes of at least 4 members (excludes halogenated alkanes) is 5. The lowest BCUT2D eigenvalue weighted by atomic mass is 9.92. The Morgan fingerprint density at radius 1 is 0.762 bits per heavy atom. The van der Waals surface area contributed by atoms with Gasteiger partial charge in [0, 0.05) is 6.61 Å². The maximum atomic E-state index is 11.5. The summed E-state index contributed by atoms with van der Waals surface area (Å²) in [4.78, 5) is 11.5. The Kier molecular flexibility index (Phi) is 9.93. The molecule has 0 rings (SSSR count). The fourth-order valence-corrected chi connectivity index (χ4v) is 1.96. The smallest absolute Gasteiger partial charge is 0.306 e. The molecule has 0 heterocycles. The topological polar surface area (TPSA) is 35.5 Å². The molecule has 0 saturated carbocycles. The van der Waals surface area contributed by atoms with Crippen molar-refractivity contribution in [2.45, 2.75) is 92.1 Å². The number of hydrogen-bond acceptors (Lipinski definition) is 3. The highest BCUT2D eigenvalue weighted by molar-refractivity contribution is 5.70. The summed E-state index contributed by atoms with van der Waals surface area (Å²) < 4.78 is 10.9. The van der Waals surface area contributed by atoms with Crippen LogP contribution in [0.4, 0.5) is 0 Å². The molecule has 0 N–H and O–H groups in total. The second-order valence-corrected chi connectivity index (χ2v) is 8.04. The molecule has 0 aliphatic heterocycles. The molecule has 0 unspecified atom stereocenters. The van der Waals surface area contributed by atoms with E-state index in [0.29, 0.717) is 13.0 Å². The van der Waals surface area contributed by atoms with Gasteiger partial charge in [-0.3, -0.25) is 4.79 Å². The van der Waals surface area contributed by atoms with Crippen LogP contribution < -0.4 is 0 Å². The van der Waals surface area contributed by atoms with Gasteiger partial charge in [0.2, 0.25) is 0 Å². The van der Waals surface area contributed by atoms with E-state index < -0.39 is 0 Å². The zero-order valence-corrected chi connectivity index (χ0v) is 15.1. The first-order valence-corrected chi connectivity index (χ1v) is 8.40. The van der Waals surface area contributed by atoms with Crippen molar-refractivity contribution >= 4 is 5.97 Å². The Morgan fingerprint density at radius 3 is 1.71 bits per heavy atom. The van der Waals surface area contributed by atoms with E-state index in [4.69, 9.17) is 9.47 Å². The molecule has 0 atom stereocenters. The van der Waals surface area contributed by atoms with E-state index >= 15 is 0 Å². The quantitative estimate of drug-likeness (QED) is 0.415. The lowest BCUT2D eigenvalue weighted by Gasteiger charge is -2.19. The Balaban J connectivity index is 3.28. The summed E-state index contributed by atoms with van der Waals surface area (Å²) in [6.07, 6.45) is 7.44. The molecular formula is C18H36O3. The first kappa shape index (κ1) is 20.4. The van der Waals surface area contributed by atoms with Crippen molar-refractivity contribution < 1.29 is 14.3 Å². The Labute approximate surface area is 131 Å². The molecule has 21 heavy (non-hydrogen) atoms. The van der Waals surface area contributed by atoms with Crippen LogP contribution in [-0.2, 0) is 14.3 Å². The van der Waals surface area contributed by atoms with Gasteiger partial charge >= 0.3 is 5.97 Å². The van der Waals surface area contributed by atoms with Gasteiger partial charge in [-0.1, -0.05) is 46.5 Å². The van der Waals surface area contributed by atoms with Gasteiger partial charge in [0.25, 0.3) is 0 Å². The summed E-state index contributed by atoms with van der Waals surface area (Å²) in [5.41, 5.74) is 0.00312. The van der Waals surface area contributed by atoms with Gasteiger partial charge in [0.1, 0.15) is 0 Å². The highest BCUT2D eigenvalue weighted by Crippen LogP contribution is 2.19. The third kappa shape index (κ3) is 17.4. The van der Waals surface area contributed by atoms with E-state index in [9.17, 15) is 4.79 Å². The van der Waals surface area contributed by atoms with Gasteiger partial charge in [0.15, 0.2) is 0 Å². The average molecular weight is 300 g/mol. The average Bonchev–Trinajstić information content (AvgIpc) is 2.27. The van der Waals surface area contributed by atoms with Crippen molar-refractivity contribution in [2.75, 3.05) is 13.2 Å². The van der Waals surface area contributed by atoms with E-state index in [-0.39, 0.29) is 17.0 Å². The molecule has 126 valence electrons. The van der Waals surface area contributed by atoms with Crippen molar-refractivity contribution in [3.8, 4) is 0 Å². The van der Waals surface area contributed by atoms with Gasteiger partial charge in [0.05, 0.1) is 18.6 Å². The summed E-state index contributed by atoms with van der Waals surface area (Å²) in [5, 5.41) is 0. The van der Waals surface area contributed by atoms with Crippen molar-refractivity contribution in [2.24, 2.45) is 5.41 Å². The molecule has 0 saturated heterocycles. The van der Waals surface area contributed by atoms with Crippen molar-refractivity contribution in [1.82, 2.24) is 0 Å². The number of carbonyl (C=O) groups is 1. The third-order valence-corrected chi connectivity index (χ3v) is 3.01. The molecule has 3 heteroatoms. The monoisotopic (exact) mass is 300 g/mol. The van der Waals surface area contributed by atoms with Crippen LogP contribution in [0.3, 0.4) is 0 Å². The molecule has 0 spiro atoms. The summed E-state index contributed by atoms with van der Waals surface area (Å²) in [6.45, 7) is 13.9. The summed E-state index contributed by atoms with van der Waals surface area (Å²) in [6, 6.07) is 0. The van der Waals surface area contributed by atoms with Gasteiger partial charge in [-0.25, -0.2) is 0 Å². The first-order valence-electron chi connectivity index (χ1n) is 8.40. The predicted molar refractivity (Wildman–Crippen MR) is 88.4 cm³/mol. The molecule has 0 bridgehead atoms. The largest absolute Gasteiger partial charge is 0.466 e. The fraction of sp³-hybridized carbons (Fsp3) is 0.944. The highest BCUT2D eigenvalue weighted by atomic mass is 16.5. The highest BCUT2D eigenvalue weighted by Gasteiger charge is 2.16. The summed E-state index contributed by atoms with van der Waals surface area (Å²) in [7, 11) is 0. The Hall–Kier alpha value is -0.570. The zero-order chi connectivity index (χ0) is 16.4. The van der Waals surface area contributed by atoms with E-state index in [2.05, 4.69) is 41.5 Å². The first-order chi connectivity index (χ1) is 9.60. The number of esters is 1. The molecule has 0 amide bonds. The van der Waals surface area contributed by atoms with Gasteiger partial charge < -0.3 is 9.47 Å². The predicted octanol–water partition coefficient (Wildman–Crippen LogP) is 5.12. The molecule has 0 aliphatic carbocycles. The molecule has 0 aromatic carbocycles. The van der Waals surface area contributed by atoms with E-state index in [1.54, 1.807) is 0 Å². The molecule has 0 aromatic heterocycles. The van der Waals surface area contributed by atoms with Crippen LogP contribution in [0.25, 0.3) is 0 Å².